The highest BCUT2D eigenvalue weighted by Crippen LogP contribution is 2.23. The van der Waals surface area contributed by atoms with Crippen molar-refractivity contribution in [3.63, 3.8) is 0 Å². The lowest BCUT2D eigenvalue weighted by atomic mass is 9.94. The molecule has 0 saturated heterocycles. The summed E-state index contributed by atoms with van der Waals surface area (Å²) in [5, 5.41) is 4.47. The number of benzene rings is 1. The Hall–Kier alpha value is -2.63. The van der Waals surface area contributed by atoms with Crippen molar-refractivity contribution in [3.05, 3.63) is 47.3 Å². The summed E-state index contributed by atoms with van der Waals surface area (Å²) in [6.07, 6.45) is 5.63. The van der Waals surface area contributed by atoms with Crippen molar-refractivity contribution in [2.24, 2.45) is 0 Å². The van der Waals surface area contributed by atoms with Crippen molar-refractivity contribution in [3.8, 4) is 5.69 Å². The predicted molar refractivity (Wildman–Crippen MR) is 108 cm³/mol. The highest BCUT2D eigenvalue weighted by molar-refractivity contribution is 5.93. The third-order valence-corrected chi connectivity index (χ3v) is 5.50. The average molecular weight is 383 g/mol. The van der Waals surface area contributed by atoms with Crippen LogP contribution in [-0.4, -0.2) is 45.8 Å². The van der Waals surface area contributed by atoms with E-state index in [0.717, 1.165) is 31.4 Å². The molecule has 0 bridgehead atoms. The van der Waals surface area contributed by atoms with Crippen LogP contribution >= 0.6 is 0 Å². The first kappa shape index (κ1) is 20.1. The summed E-state index contributed by atoms with van der Waals surface area (Å²) in [5.74, 6) is -0.612. The van der Waals surface area contributed by atoms with Crippen LogP contribution in [0.15, 0.2) is 30.3 Å². The quantitative estimate of drug-likeness (QED) is 0.711. The van der Waals surface area contributed by atoms with Crippen molar-refractivity contribution in [2.75, 3.05) is 13.2 Å². The lowest BCUT2D eigenvalue weighted by Crippen LogP contribution is -2.43. The molecule has 6 heteroatoms. The molecule has 0 atom stereocenters. The zero-order valence-electron chi connectivity index (χ0n) is 17.0. The van der Waals surface area contributed by atoms with E-state index in [-0.39, 0.29) is 18.6 Å². The van der Waals surface area contributed by atoms with Crippen molar-refractivity contribution in [2.45, 2.75) is 58.9 Å². The topological polar surface area (TPSA) is 64.4 Å². The van der Waals surface area contributed by atoms with Gasteiger partial charge in [0.1, 0.15) is 5.56 Å². The molecular weight excluding hydrogens is 354 g/mol. The van der Waals surface area contributed by atoms with Gasteiger partial charge in [-0.2, -0.15) is 5.10 Å². The van der Waals surface area contributed by atoms with Crippen molar-refractivity contribution in [1.29, 1.82) is 0 Å². The van der Waals surface area contributed by atoms with Crippen LogP contribution in [0.4, 0.5) is 0 Å². The van der Waals surface area contributed by atoms with Gasteiger partial charge in [0, 0.05) is 12.6 Å². The largest absolute Gasteiger partial charge is 0.452 e. The fourth-order valence-corrected chi connectivity index (χ4v) is 4.07. The molecule has 0 radical (unpaired) electrons. The highest BCUT2D eigenvalue weighted by Gasteiger charge is 2.26. The van der Waals surface area contributed by atoms with Gasteiger partial charge in [-0.25, -0.2) is 9.48 Å². The van der Waals surface area contributed by atoms with Crippen LogP contribution in [0.5, 0.6) is 0 Å². The van der Waals surface area contributed by atoms with Crippen LogP contribution in [0, 0.1) is 13.8 Å². The fraction of sp³-hybridized carbons (Fsp3) is 0.500. The number of carbonyl (C=O) groups excluding carboxylic acids is 2. The van der Waals surface area contributed by atoms with E-state index in [1.54, 1.807) is 11.6 Å². The fourth-order valence-electron chi connectivity index (χ4n) is 4.07. The minimum Gasteiger partial charge on any atom is -0.452 e. The first-order valence-corrected chi connectivity index (χ1v) is 10.1. The second-order valence-electron chi connectivity index (χ2n) is 7.34. The molecule has 150 valence electrons. The first-order chi connectivity index (χ1) is 13.5. The van der Waals surface area contributed by atoms with Gasteiger partial charge in [0.15, 0.2) is 6.61 Å². The molecule has 3 rings (SSSR count). The van der Waals surface area contributed by atoms with Crippen LogP contribution in [0.25, 0.3) is 5.69 Å². The highest BCUT2D eigenvalue weighted by atomic mass is 16.5. The molecule has 1 heterocycles. The molecule has 6 nitrogen and oxygen atoms in total. The number of nitrogens with zero attached hydrogens (tertiary/aromatic N) is 3. The van der Waals surface area contributed by atoms with E-state index in [2.05, 4.69) is 5.10 Å². The molecule has 1 fully saturated rings. The van der Waals surface area contributed by atoms with Crippen LogP contribution < -0.4 is 0 Å². The molecule has 28 heavy (non-hydrogen) atoms. The van der Waals surface area contributed by atoms with Crippen molar-refractivity contribution < 1.29 is 14.3 Å². The Morgan fingerprint density at radius 2 is 1.82 bits per heavy atom. The van der Waals surface area contributed by atoms with E-state index in [0.29, 0.717) is 23.5 Å². The van der Waals surface area contributed by atoms with Gasteiger partial charge in [0.05, 0.1) is 17.1 Å². The molecule has 1 aromatic carbocycles. The van der Waals surface area contributed by atoms with Gasteiger partial charge in [-0.1, -0.05) is 37.5 Å². The molecule has 1 saturated carbocycles. The summed E-state index contributed by atoms with van der Waals surface area (Å²) in [5.41, 5.74) is 2.62. The summed E-state index contributed by atoms with van der Waals surface area (Å²) >= 11 is 0. The Morgan fingerprint density at radius 1 is 1.14 bits per heavy atom. The number of hydrogen-bond acceptors (Lipinski definition) is 4. The monoisotopic (exact) mass is 383 g/mol. The normalized spacial score (nSPS) is 14.7. The number of aryl methyl sites for hydroxylation is 1. The Kier molecular flexibility index (Phi) is 6.49. The molecule has 0 unspecified atom stereocenters. The number of aromatic nitrogens is 2. The zero-order valence-corrected chi connectivity index (χ0v) is 17.0. The number of para-hydroxylation sites is 1. The second kappa shape index (κ2) is 9.04. The number of rotatable bonds is 6. The Labute approximate surface area is 166 Å². The van der Waals surface area contributed by atoms with Gasteiger partial charge in [0.2, 0.25) is 0 Å². The minimum absolute atomic E-state index is 0.117. The van der Waals surface area contributed by atoms with Gasteiger partial charge >= 0.3 is 5.97 Å². The van der Waals surface area contributed by atoms with Crippen molar-refractivity contribution >= 4 is 11.9 Å². The number of hydrogen-bond donors (Lipinski definition) is 0. The van der Waals surface area contributed by atoms with Crippen LogP contribution in [0.3, 0.4) is 0 Å². The van der Waals surface area contributed by atoms with Gasteiger partial charge < -0.3 is 9.64 Å². The average Bonchev–Trinajstić information content (AvgIpc) is 3.02. The Bertz CT molecular complexity index is 823. The Morgan fingerprint density at radius 3 is 2.46 bits per heavy atom. The number of amides is 1. The van der Waals surface area contributed by atoms with E-state index in [1.807, 2.05) is 49.1 Å². The second-order valence-corrected chi connectivity index (χ2v) is 7.34. The summed E-state index contributed by atoms with van der Waals surface area (Å²) < 4.78 is 7.12. The summed E-state index contributed by atoms with van der Waals surface area (Å²) in [6, 6.07) is 9.92. The van der Waals surface area contributed by atoms with Gasteiger partial charge in [-0.05, 0) is 45.7 Å². The number of carbonyl (C=O) groups is 2. The van der Waals surface area contributed by atoms with Crippen molar-refractivity contribution in [1.82, 2.24) is 14.7 Å². The maximum absolute atomic E-state index is 12.7. The summed E-state index contributed by atoms with van der Waals surface area (Å²) in [4.78, 5) is 27.2. The molecule has 1 aromatic heterocycles. The Balaban J connectivity index is 1.68. The third kappa shape index (κ3) is 4.26. The maximum Gasteiger partial charge on any atom is 0.342 e. The van der Waals surface area contributed by atoms with E-state index in [9.17, 15) is 9.59 Å². The predicted octanol–water partition coefficient (Wildman–Crippen LogP) is 3.83. The maximum atomic E-state index is 12.7. The van der Waals surface area contributed by atoms with E-state index >= 15 is 0 Å². The van der Waals surface area contributed by atoms with Crippen LogP contribution in [0.1, 0.15) is 60.8 Å². The lowest BCUT2D eigenvalue weighted by Gasteiger charge is -2.33. The minimum atomic E-state index is -0.495. The molecule has 2 aromatic rings. The molecule has 0 spiro atoms. The zero-order chi connectivity index (χ0) is 20.1. The smallest absolute Gasteiger partial charge is 0.342 e. The molecule has 1 aliphatic rings. The molecule has 0 aliphatic heterocycles. The van der Waals surface area contributed by atoms with Gasteiger partial charge in [-0.3, -0.25) is 4.79 Å². The van der Waals surface area contributed by atoms with Gasteiger partial charge in [-0.15, -0.1) is 0 Å². The van der Waals surface area contributed by atoms with Crippen LogP contribution in [-0.2, 0) is 9.53 Å². The molecular formula is C22H29N3O3. The van der Waals surface area contributed by atoms with E-state index in [4.69, 9.17) is 4.74 Å². The standard InChI is InChI=1S/C22H29N3O3/c1-4-24(18-11-7-5-8-12-18)20(26)15-28-22(27)21-16(2)23-25(17(21)3)19-13-9-6-10-14-19/h6,9-10,13-14,18H,4-5,7-8,11-12,15H2,1-3H3. The third-order valence-electron chi connectivity index (χ3n) is 5.50. The summed E-state index contributed by atoms with van der Waals surface area (Å²) in [6.45, 7) is 6.02. The molecule has 1 amide bonds. The number of esters is 1. The SMILES string of the molecule is CCN(C(=O)COC(=O)c1c(C)nn(-c2ccccc2)c1C)C1CCCCC1. The first-order valence-electron chi connectivity index (χ1n) is 10.1. The van der Waals surface area contributed by atoms with E-state index < -0.39 is 5.97 Å². The van der Waals surface area contributed by atoms with E-state index in [1.165, 1.54) is 6.42 Å². The van der Waals surface area contributed by atoms with Gasteiger partial charge in [0.25, 0.3) is 5.91 Å². The lowest BCUT2D eigenvalue weighted by molar-refractivity contribution is -0.137. The van der Waals surface area contributed by atoms with Crippen LogP contribution in [0.2, 0.25) is 0 Å². The number of ether oxygens (including phenoxy) is 1. The molecule has 0 N–H and O–H groups in total. The molecule has 1 aliphatic carbocycles. The summed E-state index contributed by atoms with van der Waals surface area (Å²) in [7, 11) is 0. The number of likely N-dealkylation sites (N-methyl/N-ethyl adjacent to an activating group) is 1.